The summed E-state index contributed by atoms with van der Waals surface area (Å²) in [6.07, 6.45) is 13.1. The van der Waals surface area contributed by atoms with Crippen molar-refractivity contribution in [2.24, 2.45) is 0 Å². The van der Waals surface area contributed by atoms with Crippen LogP contribution in [0.2, 0.25) is 6.04 Å². The summed E-state index contributed by atoms with van der Waals surface area (Å²) >= 11 is 0. The van der Waals surface area contributed by atoms with E-state index in [-0.39, 0.29) is 0 Å². The van der Waals surface area contributed by atoms with Gasteiger partial charge in [0.2, 0.25) is 0 Å². The summed E-state index contributed by atoms with van der Waals surface area (Å²) in [5.41, 5.74) is 0. The third-order valence-electron chi connectivity index (χ3n) is 7.15. The molecule has 0 N–H and O–H groups in total. The van der Waals surface area contributed by atoms with Gasteiger partial charge in [0.05, 0.1) is 0 Å². The number of rotatable bonds is 24. The number of hydrogen-bond acceptors (Lipinski definition) is 6. The molecule has 0 aromatic rings. The Bertz CT molecular complexity index is 440. The number of unbranched alkanes of at least 4 members (excludes halogenated alkanes) is 7. The Morgan fingerprint density at radius 3 is 1.49 bits per heavy atom. The first-order valence-electron chi connectivity index (χ1n) is 15.2. The Morgan fingerprint density at radius 1 is 0.543 bits per heavy atom. The van der Waals surface area contributed by atoms with Gasteiger partial charge in [-0.3, -0.25) is 4.90 Å². The summed E-state index contributed by atoms with van der Waals surface area (Å²) in [6, 6.07) is 0.960. The van der Waals surface area contributed by atoms with Crippen LogP contribution in [-0.2, 0) is 13.3 Å². The zero-order valence-corrected chi connectivity index (χ0v) is 25.3. The Labute approximate surface area is 220 Å². The van der Waals surface area contributed by atoms with Crippen molar-refractivity contribution >= 4 is 8.80 Å². The summed E-state index contributed by atoms with van der Waals surface area (Å²) in [4.78, 5) is 8.08. The fraction of sp³-hybridized carbons (Fsp3) is 1.00. The molecular formula is C28H61N3O3Si. The van der Waals surface area contributed by atoms with Gasteiger partial charge in [-0.05, 0) is 66.1 Å². The van der Waals surface area contributed by atoms with Crippen molar-refractivity contribution in [3.05, 3.63) is 0 Å². The first-order chi connectivity index (χ1) is 17.1. The molecule has 0 aliphatic carbocycles. The lowest BCUT2D eigenvalue weighted by atomic mass is 10.1. The summed E-state index contributed by atoms with van der Waals surface area (Å²) < 4.78 is 17.9. The smallest absolute Gasteiger partial charge is 0.374 e. The molecule has 1 aliphatic heterocycles. The van der Waals surface area contributed by atoms with Crippen LogP contribution >= 0.6 is 0 Å². The van der Waals surface area contributed by atoms with E-state index < -0.39 is 8.80 Å². The van der Waals surface area contributed by atoms with Gasteiger partial charge in [0.1, 0.15) is 0 Å². The van der Waals surface area contributed by atoms with Gasteiger partial charge < -0.3 is 23.1 Å². The average molecular weight is 516 g/mol. The minimum atomic E-state index is -2.44. The van der Waals surface area contributed by atoms with Crippen LogP contribution in [0.5, 0.6) is 0 Å². The molecule has 0 bridgehead atoms. The van der Waals surface area contributed by atoms with Crippen LogP contribution in [0.25, 0.3) is 0 Å². The molecule has 35 heavy (non-hydrogen) atoms. The number of hydrogen-bond donors (Lipinski definition) is 0. The van der Waals surface area contributed by atoms with E-state index in [0.717, 1.165) is 12.5 Å². The molecule has 0 radical (unpaired) electrons. The third-order valence-corrected chi connectivity index (χ3v) is 10.3. The average Bonchev–Trinajstić information content (AvgIpc) is 2.86. The fourth-order valence-corrected chi connectivity index (χ4v) is 7.69. The Kier molecular flexibility index (Phi) is 20.8. The van der Waals surface area contributed by atoms with Gasteiger partial charge in [-0.1, -0.05) is 52.4 Å². The maximum atomic E-state index is 5.97. The lowest BCUT2D eigenvalue weighted by Crippen LogP contribution is -2.48. The molecule has 0 unspecified atom stereocenters. The van der Waals surface area contributed by atoms with E-state index in [2.05, 4.69) is 28.5 Å². The molecule has 1 saturated heterocycles. The SMILES string of the molecule is CCCCN(CCCC)CCN1CCN(CCCCCCCC[Si](OCC)(OCC)OCC)CC1. The minimum Gasteiger partial charge on any atom is -0.374 e. The standard InChI is InChI=1S/C28H61N3O3Si/c1-6-11-19-29(20-12-7-2)22-25-31-26-23-30(24-27-31)21-17-15-13-14-16-18-28-35(32-8-3,33-9-4)34-10-5/h6-28H2,1-5H3. The normalized spacial score (nSPS) is 15.9. The summed E-state index contributed by atoms with van der Waals surface area (Å²) in [5.74, 6) is 0. The third kappa shape index (κ3) is 15.7. The van der Waals surface area contributed by atoms with Crippen molar-refractivity contribution in [2.75, 3.05) is 78.7 Å². The van der Waals surface area contributed by atoms with E-state index in [1.54, 1.807) is 0 Å². The lowest BCUT2D eigenvalue weighted by Gasteiger charge is -2.36. The summed E-state index contributed by atoms with van der Waals surface area (Å²) in [5, 5.41) is 0. The molecule has 1 fully saturated rings. The van der Waals surface area contributed by atoms with Crippen molar-refractivity contribution in [3.63, 3.8) is 0 Å². The highest BCUT2D eigenvalue weighted by atomic mass is 28.4. The Hall–Kier alpha value is -0.0231. The molecule has 1 heterocycles. The first kappa shape index (κ1) is 33.0. The highest BCUT2D eigenvalue weighted by Crippen LogP contribution is 2.20. The summed E-state index contributed by atoms with van der Waals surface area (Å²) in [7, 11) is -2.44. The van der Waals surface area contributed by atoms with Crippen molar-refractivity contribution < 1.29 is 13.3 Å². The Balaban J connectivity index is 2.09. The van der Waals surface area contributed by atoms with Crippen LogP contribution < -0.4 is 0 Å². The second kappa shape index (κ2) is 22.0. The predicted octanol–water partition coefficient (Wildman–Crippen LogP) is 5.90. The topological polar surface area (TPSA) is 37.4 Å². The molecule has 0 aromatic carbocycles. The summed E-state index contributed by atoms with van der Waals surface area (Å²) in [6.45, 7) is 24.1. The minimum absolute atomic E-state index is 0.677. The number of piperazine rings is 1. The largest absolute Gasteiger partial charge is 0.500 e. The fourth-order valence-electron chi connectivity index (χ4n) is 5.00. The second-order valence-corrected chi connectivity index (χ2v) is 12.8. The molecule has 210 valence electrons. The molecule has 0 saturated carbocycles. The molecule has 0 spiro atoms. The molecule has 0 amide bonds. The number of nitrogens with zero attached hydrogens (tertiary/aromatic N) is 3. The van der Waals surface area contributed by atoms with E-state index in [1.165, 1.54) is 117 Å². The lowest BCUT2D eigenvalue weighted by molar-refractivity contribution is 0.0706. The van der Waals surface area contributed by atoms with Gasteiger partial charge in [0.25, 0.3) is 0 Å². The quantitative estimate of drug-likeness (QED) is 0.118. The van der Waals surface area contributed by atoms with Crippen LogP contribution in [0.15, 0.2) is 0 Å². The van der Waals surface area contributed by atoms with Crippen LogP contribution in [0.3, 0.4) is 0 Å². The van der Waals surface area contributed by atoms with Crippen LogP contribution in [0.4, 0.5) is 0 Å². The van der Waals surface area contributed by atoms with Crippen molar-refractivity contribution in [2.45, 2.75) is 105 Å². The van der Waals surface area contributed by atoms with Gasteiger partial charge in [-0.2, -0.15) is 0 Å². The molecular weight excluding hydrogens is 454 g/mol. The van der Waals surface area contributed by atoms with Gasteiger partial charge in [-0.15, -0.1) is 0 Å². The molecule has 7 heteroatoms. The van der Waals surface area contributed by atoms with E-state index in [0.29, 0.717) is 19.8 Å². The zero-order valence-electron chi connectivity index (χ0n) is 24.3. The highest BCUT2D eigenvalue weighted by Gasteiger charge is 2.39. The van der Waals surface area contributed by atoms with Crippen molar-refractivity contribution in [1.82, 2.24) is 14.7 Å². The van der Waals surface area contributed by atoms with Crippen LogP contribution in [0, 0.1) is 0 Å². The molecule has 1 rings (SSSR count). The van der Waals surface area contributed by atoms with E-state index in [4.69, 9.17) is 13.3 Å². The molecule has 1 aliphatic rings. The van der Waals surface area contributed by atoms with Gasteiger partial charge >= 0.3 is 8.80 Å². The van der Waals surface area contributed by atoms with Crippen LogP contribution in [-0.4, -0.2) is 102 Å². The zero-order chi connectivity index (χ0) is 25.6. The monoisotopic (exact) mass is 515 g/mol. The highest BCUT2D eigenvalue weighted by molar-refractivity contribution is 6.60. The van der Waals surface area contributed by atoms with Crippen molar-refractivity contribution in [1.29, 1.82) is 0 Å². The maximum absolute atomic E-state index is 5.97. The van der Waals surface area contributed by atoms with Gasteiger partial charge in [0.15, 0.2) is 0 Å². The van der Waals surface area contributed by atoms with Gasteiger partial charge in [0, 0.05) is 65.1 Å². The van der Waals surface area contributed by atoms with Crippen LogP contribution in [0.1, 0.15) is 98.8 Å². The molecule has 0 atom stereocenters. The molecule has 0 aromatic heterocycles. The molecule has 6 nitrogen and oxygen atoms in total. The van der Waals surface area contributed by atoms with E-state index in [9.17, 15) is 0 Å². The van der Waals surface area contributed by atoms with E-state index in [1.807, 2.05) is 20.8 Å². The predicted molar refractivity (Wildman–Crippen MR) is 152 cm³/mol. The first-order valence-corrected chi connectivity index (χ1v) is 17.1. The second-order valence-electron chi connectivity index (χ2n) is 10.1. The van der Waals surface area contributed by atoms with Crippen molar-refractivity contribution in [3.8, 4) is 0 Å². The Morgan fingerprint density at radius 2 is 1.00 bits per heavy atom. The van der Waals surface area contributed by atoms with Gasteiger partial charge in [-0.25, -0.2) is 0 Å². The maximum Gasteiger partial charge on any atom is 0.500 e. The van der Waals surface area contributed by atoms with E-state index >= 15 is 0 Å².